The first-order valence-electron chi connectivity index (χ1n) is 7.47. The number of nitrogens with zero attached hydrogens (tertiary/aromatic N) is 3. The number of likely N-dealkylation sites (tertiary alicyclic amines) is 1. The zero-order chi connectivity index (χ0) is 16.7. The molecule has 3 heterocycles. The molecular formula is C15H18N4O3S. The van der Waals surface area contributed by atoms with Crippen molar-refractivity contribution in [2.45, 2.75) is 39.7 Å². The molecule has 0 saturated carbocycles. The van der Waals surface area contributed by atoms with Crippen molar-refractivity contribution < 1.29 is 9.72 Å². The van der Waals surface area contributed by atoms with Crippen LogP contribution in [-0.4, -0.2) is 32.5 Å². The first-order valence-corrected chi connectivity index (χ1v) is 8.29. The van der Waals surface area contributed by atoms with Crippen molar-refractivity contribution in [2.75, 3.05) is 6.54 Å². The highest BCUT2D eigenvalue weighted by Gasteiger charge is 2.35. The number of amides is 1. The molecule has 3 rings (SSSR count). The number of hydrogen-bond donors (Lipinski definition) is 1. The van der Waals surface area contributed by atoms with Gasteiger partial charge in [0.05, 0.1) is 26.4 Å². The molecule has 122 valence electrons. The number of carbonyl (C=O) groups excluding carboxylic acids is 1. The highest BCUT2D eigenvalue weighted by Crippen LogP contribution is 2.37. The normalized spacial score (nSPS) is 17.7. The topological polar surface area (TPSA) is 92.1 Å². The Morgan fingerprint density at radius 1 is 1.48 bits per heavy atom. The summed E-state index contributed by atoms with van der Waals surface area (Å²) in [6.45, 7) is 6.22. The molecule has 1 amide bonds. The molecule has 1 atom stereocenters. The fourth-order valence-electron chi connectivity index (χ4n) is 3.26. The minimum atomic E-state index is -0.436. The van der Waals surface area contributed by atoms with E-state index in [4.69, 9.17) is 0 Å². The lowest BCUT2D eigenvalue weighted by molar-refractivity contribution is -0.385. The highest BCUT2D eigenvalue weighted by atomic mass is 32.1. The number of nitrogens with one attached hydrogen (secondary N) is 1. The molecular weight excluding hydrogens is 316 g/mol. The van der Waals surface area contributed by atoms with E-state index in [1.165, 1.54) is 17.4 Å². The molecule has 0 radical (unpaired) electrons. The van der Waals surface area contributed by atoms with E-state index in [0.29, 0.717) is 16.3 Å². The molecule has 1 fully saturated rings. The van der Waals surface area contributed by atoms with Crippen LogP contribution in [0.4, 0.5) is 5.69 Å². The molecule has 23 heavy (non-hydrogen) atoms. The average Bonchev–Trinajstić information content (AvgIpc) is 3.17. The second kappa shape index (κ2) is 5.77. The summed E-state index contributed by atoms with van der Waals surface area (Å²) in [6, 6.07) is 1.38. The molecule has 0 aliphatic carbocycles. The summed E-state index contributed by atoms with van der Waals surface area (Å²) >= 11 is 1.19. The molecule has 1 aliphatic rings. The van der Waals surface area contributed by atoms with Gasteiger partial charge in [-0.1, -0.05) is 0 Å². The van der Waals surface area contributed by atoms with Gasteiger partial charge in [0, 0.05) is 23.9 Å². The standard InChI is InChI=1S/C15H18N4O3S/c1-8-14(9(2)17-16-8)11-5-4-6-18(11)15(20)13-7-12(19(21)22)10(3)23-13/h7,11H,4-6H2,1-3H3,(H,16,17)/t11-/m0/s1. The molecule has 1 aliphatic heterocycles. The average molecular weight is 334 g/mol. The maximum atomic E-state index is 12.8. The van der Waals surface area contributed by atoms with E-state index in [1.807, 2.05) is 18.7 Å². The van der Waals surface area contributed by atoms with Crippen molar-refractivity contribution in [2.24, 2.45) is 0 Å². The number of rotatable bonds is 3. The molecule has 0 bridgehead atoms. The minimum absolute atomic E-state index is 0.0114. The van der Waals surface area contributed by atoms with E-state index < -0.39 is 4.92 Å². The third-order valence-electron chi connectivity index (χ3n) is 4.33. The number of hydrogen-bond acceptors (Lipinski definition) is 5. The molecule has 0 unspecified atom stereocenters. The van der Waals surface area contributed by atoms with Gasteiger partial charge in [-0.25, -0.2) is 0 Å². The molecule has 1 N–H and O–H groups in total. The third-order valence-corrected chi connectivity index (χ3v) is 5.36. The van der Waals surface area contributed by atoms with Crippen molar-refractivity contribution in [1.82, 2.24) is 15.1 Å². The summed E-state index contributed by atoms with van der Waals surface area (Å²) in [6.07, 6.45) is 1.81. The number of carbonyl (C=O) groups is 1. The Morgan fingerprint density at radius 2 is 2.22 bits per heavy atom. The Morgan fingerprint density at radius 3 is 2.78 bits per heavy atom. The summed E-state index contributed by atoms with van der Waals surface area (Å²) in [5, 5.41) is 18.2. The van der Waals surface area contributed by atoms with Gasteiger partial charge in [-0.15, -0.1) is 11.3 Å². The lowest BCUT2D eigenvalue weighted by atomic mass is 10.0. The van der Waals surface area contributed by atoms with Gasteiger partial charge in [0.2, 0.25) is 0 Å². The van der Waals surface area contributed by atoms with Crippen molar-refractivity contribution in [1.29, 1.82) is 0 Å². The van der Waals surface area contributed by atoms with Crippen molar-refractivity contribution in [3.05, 3.63) is 42.9 Å². The van der Waals surface area contributed by atoms with Crippen LogP contribution in [-0.2, 0) is 0 Å². The van der Waals surface area contributed by atoms with Gasteiger partial charge in [0.1, 0.15) is 0 Å². The number of aromatic nitrogens is 2. The Hall–Kier alpha value is -2.22. The predicted octanol–water partition coefficient (Wildman–Crippen LogP) is 3.28. The van der Waals surface area contributed by atoms with Crippen molar-refractivity contribution in [3.63, 3.8) is 0 Å². The largest absolute Gasteiger partial charge is 0.331 e. The third kappa shape index (κ3) is 2.63. The maximum Gasteiger partial charge on any atom is 0.283 e. The quantitative estimate of drug-likeness (QED) is 0.688. The van der Waals surface area contributed by atoms with Gasteiger partial charge < -0.3 is 4.90 Å². The lowest BCUT2D eigenvalue weighted by Crippen LogP contribution is -2.30. The van der Waals surface area contributed by atoms with Gasteiger partial charge >= 0.3 is 0 Å². The second-order valence-corrected chi connectivity index (χ2v) is 7.07. The fourth-order valence-corrected chi connectivity index (χ4v) is 4.20. The first-order chi connectivity index (χ1) is 10.9. The molecule has 8 heteroatoms. The van der Waals surface area contributed by atoms with Crippen LogP contribution in [0.25, 0.3) is 0 Å². The van der Waals surface area contributed by atoms with Crippen LogP contribution >= 0.6 is 11.3 Å². The zero-order valence-electron chi connectivity index (χ0n) is 13.3. The Balaban J connectivity index is 1.92. The van der Waals surface area contributed by atoms with Gasteiger partial charge in [-0.3, -0.25) is 20.0 Å². The molecule has 0 spiro atoms. The maximum absolute atomic E-state index is 12.8. The van der Waals surface area contributed by atoms with Gasteiger partial charge in [-0.2, -0.15) is 5.10 Å². The van der Waals surface area contributed by atoms with Crippen LogP contribution in [0.1, 0.15) is 50.4 Å². The van der Waals surface area contributed by atoms with E-state index in [0.717, 1.165) is 29.8 Å². The van der Waals surface area contributed by atoms with Crippen LogP contribution in [0, 0.1) is 30.9 Å². The second-order valence-electron chi connectivity index (χ2n) is 5.81. The number of aromatic amines is 1. The van der Waals surface area contributed by atoms with E-state index in [-0.39, 0.29) is 17.6 Å². The van der Waals surface area contributed by atoms with Crippen LogP contribution < -0.4 is 0 Å². The summed E-state index contributed by atoms with van der Waals surface area (Å²) in [4.78, 5) is 26.2. The summed E-state index contributed by atoms with van der Waals surface area (Å²) in [7, 11) is 0. The van der Waals surface area contributed by atoms with Gasteiger partial charge in [-0.05, 0) is 33.6 Å². The Labute approximate surface area is 137 Å². The summed E-state index contributed by atoms with van der Waals surface area (Å²) < 4.78 is 0. The van der Waals surface area contributed by atoms with E-state index in [9.17, 15) is 14.9 Å². The monoisotopic (exact) mass is 334 g/mol. The molecule has 0 aromatic carbocycles. The van der Waals surface area contributed by atoms with Crippen molar-refractivity contribution >= 4 is 22.9 Å². The molecule has 7 nitrogen and oxygen atoms in total. The molecule has 2 aromatic rings. The Kier molecular flexibility index (Phi) is 3.93. The smallest absolute Gasteiger partial charge is 0.283 e. The predicted molar refractivity (Wildman–Crippen MR) is 86.8 cm³/mol. The van der Waals surface area contributed by atoms with Crippen LogP contribution in [0.15, 0.2) is 6.07 Å². The molecule has 2 aromatic heterocycles. The van der Waals surface area contributed by atoms with E-state index in [1.54, 1.807) is 6.92 Å². The van der Waals surface area contributed by atoms with E-state index >= 15 is 0 Å². The van der Waals surface area contributed by atoms with Gasteiger partial charge in [0.25, 0.3) is 11.6 Å². The fraction of sp³-hybridized carbons (Fsp3) is 0.467. The van der Waals surface area contributed by atoms with Gasteiger partial charge in [0.15, 0.2) is 0 Å². The number of aryl methyl sites for hydroxylation is 3. The van der Waals surface area contributed by atoms with Crippen LogP contribution in [0.5, 0.6) is 0 Å². The number of thiophene rings is 1. The first kappa shape index (κ1) is 15.7. The lowest BCUT2D eigenvalue weighted by Gasteiger charge is -2.24. The highest BCUT2D eigenvalue weighted by molar-refractivity contribution is 7.14. The summed E-state index contributed by atoms with van der Waals surface area (Å²) in [5.41, 5.74) is 2.96. The van der Waals surface area contributed by atoms with E-state index in [2.05, 4.69) is 10.2 Å². The minimum Gasteiger partial charge on any atom is -0.331 e. The molecule has 1 saturated heterocycles. The number of nitro groups is 1. The SMILES string of the molecule is Cc1n[nH]c(C)c1[C@@H]1CCCN1C(=O)c1cc([N+](=O)[O-])c(C)s1. The van der Waals surface area contributed by atoms with Crippen LogP contribution in [0.3, 0.4) is 0 Å². The number of H-pyrrole nitrogens is 1. The summed E-state index contributed by atoms with van der Waals surface area (Å²) in [5.74, 6) is -0.131. The Bertz CT molecular complexity index is 760. The van der Waals surface area contributed by atoms with Crippen molar-refractivity contribution in [3.8, 4) is 0 Å². The zero-order valence-corrected chi connectivity index (χ0v) is 14.1. The van der Waals surface area contributed by atoms with Crippen LogP contribution in [0.2, 0.25) is 0 Å².